The summed E-state index contributed by atoms with van der Waals surface area (Å²) in [6.07, 6.45) is 0. The minimum absolute atomic E-state index is 0.412. The number of nitrogens with two attached hydrogens (primary N) is 1. The molecule has 1 heterocycles. The SMILES string of the molecule is CCN(c1cc2nc(C)sc2cc1N)C(C)CN(C)C. The molecule has 0 saturated carbocycles. The molecule has 1 aromatic heterocycles. The van der Waals surface area contributed by atoms with Gasteiger partial charge in [0.25, 0.3) is 0 Å². The first kappa shape index (κ1) is 15.1. The zero-order valence-electron chi connectivity index (χ0n) is 13.0. The van der Waals surface area contributed by atoms with Crippen molar-refractivity contribution >= 4 is 32.9 Å². The quantitative estimate of drug-likeness (QED) is 0.861. The second-order valence-electron chi connectivity index (χ2n) is 5.51. The summed E-state index contributed by atoms with van der Waals surface area (Å²) in [6.45, 7) is 8.38. The van der Waals surface area contributed by atoms with Gasteiger partial charge < -0.3 is 15.5 Å². The number of hydrogen-bond acceptors (Lipinski definition) is 5. The lowest BCUT2D eigenvalue weighted by Crippen LogP contribution is -2.40. The van der Waals surface area contributed by atoms with Crippen molar-refractivity contribution in [1.29, 1.82) is 0 Å². The summed E-state index contributed by atoms with van der Waals surface area (Å²) in [7, 11) is 4.20. The van der Waals surface area contributed by atoms with Gasteiger partial charge in [0, 0.05) is 19.1 Å². The Balaban J connectivity index is 2.40. The van der Waals surface area contributed by atoms with Crippen molar-refractivity contribution in [3.63, 3.8) is 0 Å². The van der Waals surface area contributed by atoms with E-state index in [4.69, 9.17) is 5.73 Å². The summed E-state index contributed by atoms with van der Waals surface area (Å²) in [5, 5.41) is 1.08. The molecule has 0 fully saturated rings. The molecule has 20 heavy (non-hydrogen) atoms. The second-order valence-corrected chi connectivity index (χ2v) is 6.74. The van der Waals surface area contributed by atoms with Crippen LogP contribution in [0.3, 0.4) is 0 Å². The maximum Gasteiger partial charge on any atom is 0.0907 e. The highest BCUT2D eigenvalue weighted by Gasteiger charge is 2.17. The molecule has 0 spiro atoms. The number of hydrogen-bond donors (Lipinski definition) is 1. The van der Waals surface area contributed by atoms with Crippen molar-refractivity contribution in [2.75, 3.05) is 37.8 Å². The fraction of sp³-hybridized carbons (Fsp3) is 0.533. The highest BCUT2D eigenvalue weighted by molar-refractivity contribution is 7.18. The van der Waals surface area contributed by atoms with Gasteiger partial charge in [-0.2, -0.15) is 0 Å². The van der Waals surface area contributed by atoms with E-state index in [2.05, 4.69) is 54.9 Å². The van der Waals surface area contributed by atoms with Gasteiger partial charge in [-0.25, -0.2) is 4.98 Å². The summed E-state index contributed by atoms with van der Waals surface area (Å²) in [4.78, 5) is 9.13. The first-order valence-electron chi connectivity index (χ1n) is 7.00. The van der Waals surface area contributed by atoms with E-state index in [-0.39, 0.29) is 0 Å². The smallest absolute Gasteiger partial charge is 0.0907 e. The minimum Gasteiger partial charge on any atom is -0.397 e. The molecular formula is C15H24N4S. The van der Waals surface area contributed by atoms with Crippen molar-refractivity contribution in [3.05, 3.63) is 17.1 Å². The Morgan fingerprint density at radius 2 is 2.05 bits per heavy atom. The summed E-state index contributed by atoms with van der Waals surface area (Å²) >= 11 is 1.70. The summed E-state index contributed by atoms with van der Waals surface area (Å²) < 4.78 is 1.17. The standard InChI is InChI=1S/C15H24N4S/c1-6-19(10(2)9-18(4)5)14-8-13-15(7-12(14)16)20-11(3)17-13/h7-8,10H,6,9,16H2,1-5H3. The summed E-state index contributed by atoms with van der Waals surface area (Å²) in [5.41, 5.74) is 9.25. The minimum atomic E-state index is 0.412. The van der Waals surface area contributed by atoms with Gasteiger partial charge in [-0.15, -0.1) is 11.3 Å². The Hall–Kier alpha value is -1.33. The number of nitrogen functional groups attached to an aromatic ring is 1. The highest BCUT2D eigenvalue weighted by atomic mass is 32.1. The van der Waals surface area contributed by atoms with Crippen LogP contribution in [0.4, 0.5) is 11.4 Å². The van der Waals surface area contributed by atoms with E-state index < -0.39 is 0 Å². The summed E-state index contributed by atoms with van der Waals surface area (Å²) in [5.74, 6) is 0. The number of anilines is 2. The molecule has 5 heteroatoms. The molecule has 110 valence electrons. The number of aryl methyl sites for hydroxylation is 1. The van der Waals surface area contributed by atoms with Gasteiger partial charge in [0.2, 0.25) is 0 Å². The maximum atomic E-state index is 6.26. The fourth-order valence-corrected chi connectivity index (χ4v) is 3.55. The molecule has 2 rings (SSSR count). The van der Waals surface area contributed by atoms with Gasteiger partial charge in [-0.3, -0.25) is 0 Å². The van der Waals surface area contributed by atoms with Crippen molar-refractivity contribution in [3.8, 4) is 0 Å². The zero-order valence-corrected chi connectivity index (χ0v) is 13.8. The van der Waals surface area contributed by atoms with Crippen LogP contribution in [0.25, 0.3) is 10.2 Å². The molecule has 4 nitrogen and oxygen atoms in total. The second kappa shape index (κ2) is 5.97. The van der Waals surface area contributed by atoms with Gasteiger partial charge >= 0.3 is 0 Å². The van der Waals surface area contributed by atoms with E-state index in [1.165, 1.54) is 4.70 Å². The Kier molecular flexibility index (Phi) is 4.50. The largest absolute Gasteiger partial charge is 0.397 e. The van der Waals surface area contributed by atoms with Crippen molar-refractivity contribution in [2.24, 2.45) is 0 Å². The normalized spacial score (nSPS) is 13.1. The molecule has 2 N–H and O–H groups in total. The van der Waals surface area contributed by atoms with E-state index in [0.29, 0.717) is 6.04 Å². The van der Waals surface area contributed by atoms with Gasteiger partial charge in [0.1, 0.15) is 0 Å². The third kappa shape index (κ3) is 3.04. The molecule has 0 aliphatic rings. The van der Waals surface area contributed by atoms with Gasteiger partial charge in [-0.05, 0) is 47.0 Å². The van der Waals surface area contributed by atoms with E-state index in [1.807, 2.05) is 6.92 Å². The van der Waals surface area contributed by atoms with Crippen LogP contribution in [0.15, 0.2) is 12.1 Å². The van der Waals surface area contributed by atoms with Crippen molar-refractivity contribution < 1.29 is 0 Å². The molecular weight excluding hydrogens is 268 g/mol. The molecule has 2 aromatic rings. The first-order chi connectivity index (χ1) is 9.42. The first-order valence-corrected chi connectivity index (χ1v) is 7.82. The lowest BCUT2D eigenvalue weighted by atomic mass is 10.1. The molecule has 0 amide bonds. The van der Waals surface area contributed by atoms with E-state index in [9.17, 15) is 0 Å². The number of likely N-dealkylation sites (N-methyl/N-ethyl adjacent to an activating group) is 2. The van der Waals surface area contributed by atoms with E-state index >= 15 is 0 Å². The maximum absolute atomic E-state index is 6.26. The van der Waals surface area contributed by atoms with Crippen LogP contribution in [0.5, 0.6) is 0 Å². The summed E-state index contributed by atoms with van der Waals surface area (Å²) in [6, 6.07) is 4.60. The van der Waals surface area contributed by atoms with Crippen LogP contribution in [0.2, 0.25) is 0 Å². The van der Waals surface area contributed by atoms with Crippen LogP contribution in [0, 0.1) is 6.92 Å². The predicted molar refractivity (Wildman–Crippen MR) is 89.8 cm³/mol. The third-order valence-corrected chi connectivity index (χ3v) is 4.39. The van der Waals surface area contributed by atoms with Crippen molar-refractivity contribution in [1.82, 2.24) is 9.88 Å². The lowest BCUT2D eigenvalue weighted by Gasteiger charge is -2.33. The number of benzene rings is 1. The molecule has 0 saturated heterocycles. The molecule has 0 aliphatic heterocycles. The van der Waals surface area contributed by atoms with Gasteiger partial charge in [0.15, 0.2) is 0 Å². The Bertz CT molecular complexity index is 591. The van der Waals surface area contributed by atoms with Crippen molar-refractivity contribution in [2.45, 2.75) is 26.8 Å². The van der Waals surface area contributed by atoms with E-state index in [0.717, 1.165) is 35.0 Å². The fourth-order valence-electron chi connectivity index (χ4n) is 2.69. The molecule has 1 unspecified atom stereocenters. The molecule has 1 aromatic carbocycles. The number of thiazole rings is 1. The van der Waals surface area contributed by atoms with Crippen LogP contribution in [0.1, 0.15) is 18.9 Å². The van der Waals surface area contributed by atoms with Crippen LogP contribution >= 0.6 is 11.3 Å². The third-order valence-electron chi connectivity index (χ3n) is 3.46. The Morgan fingerprint density at radius 1 is 1.35 bits per heavy atom. The van der Waals surface area contributed by atoms with Crippen LogP contribution in [-0.2, 0) is 0 Å². The average molecular weight is 292 g/mol. The topological polar surface area (TPSA) is 45.4 Å². The lowest BCUT2D eigenvalue weighted by molar-refractivity contribution is 0.373. The number of rotatable bonds is 5. The number of aromatic nitrogens is 1. The highest BCUT2D eigenvalue weighted by Crippen LogP contribution is 2.32. The van der Waals surface area contributed by atoms with Gasteiger partial charge in [-0.1, -0.05) is 0 Å². The molecule has 0 aliphatic carbocycles. The Morgan fingerprint density at radius 3 is 2.65 bits per heavy atom. The molecule has 0 radical (unpaired) electrons. The number of nitrogens with zero attached hydrogens (tertiary/aromatic N) is 3. The van der Waals surface area contributed by atoms with Crippen LogP contribution < -0.4 is 10.6 Å². The molecule has 0 bridgehead atoms. The van der Waals surface area contributed by atoms with Crippen LogP contribution in [-0.4, -0.2) is 43.1 Å². The molecule has 1 atom stereocenters. The Labute approximate surface area is 125 Å². The monoisotopic (exact) mass is 292 g/mol. The number of fused-ring (bicyclic) bond motifs is 1. The zero-order chi connectivity index (χ0) is 14.9. The average Bonchev–Trinajstić information content (AvgIpc) is 2.68. The van der Waals surface area contributed by atoms with Gasteiger partial charge in [0.05, 0.1) is 26.6 Å². The predicted octanol–water partition coefficient (Wildman–Crippen LogP) is 2.96. The van der Waals surface area contributed by atoms with E-state index in [1.54, 1.807) is 11.3 Å².